The highest BCUT2D eigenvalue weighted by atomic mass is 32.7. The van der Waals surface area contributed by atoms with Crippen LogP contribution < -0.4 is 5.73 Å². The Bertz CT molecular complexity index is 1100. The van der Waals surface area contributed by atoms with E-state index in [9.17, 15) is 9.59 Å². The van der Waals surface area contributed by atoms with Gasteiger partial charge in [0.1, 0.15) is 6.04 Å². The zero-order chi connectivity index (χ0) is 28.2. The Labute approximate surface area is 230 Å². The molecule has 17 heteroatoms. The van der Waals surface area contributed by atoms with Gasteiger partial charge in [-0.2, -0.15) is 0 Å². The number of nitrogens with zero attached hydrogens (tertiary/aromatic N) is 8. The van der Waals surface area contributed by atoms with E-state index in [0.717, 1.165) is 16.8 Å². The van der Waals surface area contributed by atoms with Crippen LogP contribution in [-0.4, -0.2) is 40.2 Å². The number of hydrogen-bond acceptors (Lipinski definition) is 8. The number of carboxylic acids is 1. The molecule has 2 aromatic rings. The zero-order valence-electron chi connectivity index (χ0n) is 20.5. The van der Waals surface area contributed by atoms with Gasteiger partial charge in [0.05, 0.1) is 26.1 Å². The van der Waals surface area contributed by atoms with Gasteiger partial charge in [0.15, 0.2) is 0 Å². The van der Waals surface area contributed by atoms with Gasteiger partial charge in [0.2, 0.25) is 0 Å². The lowest BCUT2D eigenvalue weighted by molar-refractivity contribution is -0.144. The van der Waals surface area contributed by atoms with Crippen molar-refractivity contribution in [3.05, 3.63) is 80.1 Å². The molecule has 5 atom stereocenters. The standard InChI is InChI=1S/C11H14N4O2.C9H11N5O2.CH4.H6P4/c1-8(11(16)17-2)5-10-6-9(3-4-13-10)7-14-15-12;10-8(9(15)16)4-7-3-6(1-2-12-7)5-13-14-11;;1-4(2)3/h3-4,6,8H,5,7H2,1-2H3;1-3,8H,4-5,10H2,(H,15,16);1H4;1-3H2/t2*8-;;/m00../s1. The molecule has 38 heavy (non-hydrogen) atoms. The molecule has 0 aliphatic rings. The molecule has 0 saturated heterocycles. The van der Waals surface area contributed by atoms with Crippen molar-refractivity contribution in [2.75, 3.05) is 7.11 Å². The number of carbonyl (C=O) groups is 2. The fourth-order valence-electron chi connectivity index (χ4n) is 2.61. The van der Waals surface area contributed by atoms with Crippen LogP contribution in [0.5, 0.6) is 0 Å². The van der Waals surface area contributed by atoms with Gasteiger partial charge in [0, 0.05) is 46.4 Å². The van der Waals surface area contributed by atoms with Gasteiger partial charge in [-0.15, -0.1) is 26.8 Å². The molecule has 0 aromatic carbocycles. The maximum Gasteiger partial charge on any atom is 0.320 e. The molecule has 0 aliphatic heterocycles. The number of carbonyl (C=O) groups excluding carboxylic acids is 1. The van der Waals surface area contributed by atoms with Crippen LogP contribution in [0.1, 0.15) is 36.9 Å². The van der Waals surface area contributed by atoms with E-state index < -0.39 is 12.0 Å². The molecule has 3 N–H and O–H groups in total. The van der Waals surface area contributed by atoms with Crippen molar-refractivity contribution in [3.8, 4) is 0 Å². The summed E-state index contributed by atoms with van der Waals surface area (Å²) in [7, 11) is 9.31. The number of hydrogen-bond donors (Lipinski definition) is 2. The second-order valence-electron chi connectivity index (χ2n) is 7.31. The highest BCUT2D eigenvalue weighted by molar-refractivity contribution is 8.65. The van der Waals surface area contributed by atoms with E-state index in [1.807, 2.05) is 6.07 Å². The molecular weight excluding hydrogens is 566 g/mol. The van der Waals surface area contributed by atoms with Gasteiger partial charge >= 0.3 is 11.9 Å². The minimum absolute atomic E-state index is 0. The summed E-state index contributed by atoms with van der Waals surface area (Å²) < 4.78 is 4.65. The Morgan fingerprint density at radius 1 is 1.05 bits per heavy atom. The minimum Gasteiger partial charge on any atom is -0.480 e. The third-order valence-electron chi connectivity index (χ3n) is 4.26. The lowest BCUT2D eigenvalue weighted by Crippen LogP contribution is -2.32. The number of pyridine rings is 2. The molecule has 13 nitrogen and oxygen atoms in total. The van der Waals surface area contributed by atoms with Crippen LogP contribution in [0.3, 0.4) is 0 Å². The van der Waals surface area contributed by atoms with Crippen LogP contribution in [0, 0.1) is 5.92 Å². The Morgan fingerprint density at radius 2 is 1.47 bits per heavy atom. The summed E-state index contributed by atoms with van der Waals surface area (Å²) >= 11 is 0. The van der Waals surface area contributed by atoms with Crippen molar-refractivity contribution in [1.82, 2.24) is 9.97 Å². The summed E-state index contributed by atoms with van der Waals surface area (Å²) in [5.74, 6) is -1.56. The number of azide groups is 2. The number of methoxy groups -OCH3 is 1. The third kappa shape index (κ3) is 18.7. The van der Waals surface area contributed by atoms with Gasteiger partial charge in [-0.1, -0.05) is 24.6 Å². The lowest BCUT2D eigenvalue weighted by Gasteiger charge is -2.08. The van der Waals surface area contributed by atoms with E-state index in [2.05, 4.69) is 61.5 Å². The Kier molecular flexibility index (Phi) is 22.3. The van der Waals surface area contributed by atoms with E-state index in [1.54, 1.807) is 31.3 Å². The molecule has 0 spiro atoms. The van der Waals surface area contributed by atoms with Crippen molar-refractivity contribution < 1.29 is 19.4 Å². The fraction of sp³-hybridized carbons (Fsp3) is 0.429. The van der Waals surface area contributed by atoms with E-state index in [4.69, 9.17) is 21.9 Å². The maximum absolute atomic E-state index is 11.3. The average Bonchev–Trinajstić information content (AvgIpc) is 2.86. The second kappa shape index (κ2) is 22.5. The Morgan fingerprint density at radius 3 is 1.84 bits per heavy atom. The molecule has 2 rings (SSSR count). The van der Waals surface area contributed by atoms with Gasteiger partial charge in [-0.3, -0.25) is 19.6 Å². The molecule has 0 fully saturated rings. The lowest BCUT2D eigenvalue weighted by atomic mass is 10.0. The summed E-state index contributed by atoms with van der Waals surface area (Å²) in [5, 5.41) is 15.5. The number of ether oxygens (including phenoxy) is 1. The van der Waals surface area contributed by atoms with Crippen LogP contribution in [0.4, 0.5) is 0 Å². The quantitative estimate of drug-likeness (QED) is 0.116. The molecule has 2 heterocycles. The molecule has 0 bridgehead atoms. The summed E-state index contributed by atoms with van der Waals surface area (Å²) in [5.41, 5.74) is 24.8. The van der Waals surface area contributed by atoms with E-state index in [-0.39, 0.29) is 39.3 Å². The molecular formula is C21H35N9O4P4. The van der Waals surface area contributed by atoms with E-state index in [0.29, 0.717) is 18.7 Å². The number of nitrogens with two attached hydrogens (primary N) is 1. The maximum atomic E-state index is 11.3. The van der Waals surface area contributed by atoms with E-state index in [1.165, 1.54) is 13.3 Å². The summed E-state index contributed by atoms with van der Waals surface area (Å²) in [6.45, 7) is 2.42. The average molecular weight is 601 g/mol. The number of aromatic nitrogens is 2. The van der Waals surface area contributed by atoms with Crippen LogP contribution >= 0.6 is 33.8 Å². The first-order chi connectivity index (χ1) is 17.5. The number of aliphatic carboxylic acids is 1. The van der Waals surface area contributed by atoms with Gasteiger partial charge in [0.25, 0.3) is 0 Å². The first-order valence-corrected chi connectivity index (χ1v) is 16.7. The first kappa shape index (κ1) is 37.7. The minimum atomic E-state index is -1.07. The highest BCUT2D eigenvalue weighted by Crippen LogP contribution is 2.59. The predicted molar refractivity (Wildman–Crippen MR) is 161 cm³/mol. The van der Waals surface area contributed by atoms with Gasteiger partial charge in [-0.05, 0) is 53.4 Å². The number of rotatable bonds is 10. The van der Waals surface area contributed by atoms with Crippen LogP contribution in [0.15, 0.2) is 46.9 Å². The van der Waals surface area contributed by atoms with Crippen molar-refractivity contribution in [2.24, 2.45) is 21.9 Å². The first-order valence-electron chi connectivity index (χ1n) is 10.5. The van der Waals surface area contributed by atoms with Gasteiger partial charge in [-0.25, -0.2) is 0 Å². The SMILES string of the molecule is C.COC(=O)[C@@H](C)Cc1cc(CN=[N+]=[N-])ccn1.PP(P)P.[N-]=[N+]=NCc1ccnc(C[C@H](N)C(=O)O)c1. The van der Waals surface area contributed by atoms with E-state index >= 15 is 0 Å². The van der Waals surface area contributed by atoms with Gasteiger partial charge < -0.3 is 15.6 Å². The smallest absolute Gasteiger partial charge is 0.320 e. The Hall–Kier alpha value is -2.46. The predicted octanol–water partition coefficient (Wildman–Crippen LogP) is 5.56. The summed E-state index contributed by atoms with van der Waals surface area (Å²) in [4.78, 5) is 35.3. The largest absolute Gasteiger partial charge is 0.480 e. The van der Waals surface area contributed by atoms with Crippen LogP contribution in [0.2, 0.25) is 0 Å². The van der Waals surface area contributed by atoms with Crippen molar-refractivity contribution in [3.63, 3.8) is 0 Å². The second-order valence-corrected chi connectivity index (χ2v) is 18.9. The third-order valence-corrected chi connectivity index (χ3v) is 4.26. The normalized spacial score (nSPS) is 10.9. The Balaban J connectivity index is 0. The fourth-order valence-corrected chi connectivity index (χ4v) is 2.61. The van der Waals surface area contributed by atoms with Crippen LogP contribution in [0.25, 0.3) is 20.9 Å². The molecule has 2 aromatic heterocycles. The number of esters is 1. The topological polar surface area (TPSA) is 213 Å². The molecule has 3 unspecified atom stereocenters. The van der Waals surface area contributed by atoms with Crippen molar-refractivity contribution in [2.45, 2.75) is 46.3 Å². The monoisotopic (exact) mass is 601 g/mol. The summed E-state index contributed by atoms with van der Waals surface area (Å²) in [6, 6.07) is 6.01. The molecule has 208 valence electrons. The number of carboxylic acid groups (broad SMARTS) is 1. The van der Waals surface area contributed by atoms with Crippen molar-refractivity contribution in [1.29, 1.82) is 0 Å². The highest BCUT2D eigenvalue weighted by Gasteiger charge is 2.14. The summed E-state index contributed by atoms with van der Waals surface area (Å²) in [6.07, 6.45) is 3.84. The van der Waals surface area contributed by atoms with Crippen molar-refractivity contribution >= 4 is 45.7 Å². The molecule has 0 aliphatic carbocycles. The zero-order valence-corrected chi connectivity index (χ0v) is 24.8. The molecule has 0 saturated carbocycles. The molecule has 0 radical (unpaired) electrons. The molecule has 0 amide bonds. The van der Waals surface area contributed by atoms with Crippen LogP contribution in [-0.2, 0) is 40.3 Å².